The fourth-order valence-electron chi connectivity index (χ4n) is 4.38. The summed E-state index contributed by atoms with van der Waals surface area (Å²) in [6.45, 7) is 5.78. The van der Waals surface area contributed by atoms with Gasteiger partial charge < -0.3 is 28.6 Å². The third-order valence-corrected chi connectivity index (χ3v) is 7.02. The maximum atomic E-state index is 13.5. The van der Waals surface area contributed by atoms with Gasteiger partial charge in [0.15, 0.2) is 12.5 Å². The van der Waals surface area contributed by atoms with Gasteiger partial charge in [0.2, 0.25) is 0 Å². The van der Waals surface area contributed by atoms with E-state index < -0.39 is 4.92 Å². The molecular weight excluding hydrogens is 562 g/mol. The van der Waals surface area contributed by atoms with E-state index in [2.05, 4.69) is 20.8 Å². The van der Waals surface area contributed by atoms with Crippen LogP contribution < -0.4 is 14.4 Å². The standard InChI is InChI=1S/C26H32BrN3O8/c1-34-13-14-36-18-38-24-4-3-20(16-23(24)30(32)33)29-7-5-19-15-22(27)25(17-21(19)26(29)31)37-10-2-6-28-8-11-35-12-9-28/h3-4,15-17H,2,5-14,18H2,1H3. The Morgan fingerprint density at radius 3 is 2.63 bits per heavy atom. The number of hydrogen-bond acceptors (Lipinski definition) is 9. The van der Waals surface area contributed by atoms with Crippen LogP contribution in [0, 0.1) is 10.1 Å². The summed E-state index contributed by atoms with van der Waals surface area (Å²) in [5, 5.41) is 11.7. The van der Waals surface area contributed by atoms with Crippen LogP contribution in [0.1, 0.15) is 22.3 Å². The summed E-state index contributed by atoms with van der Waals surface area (Å²) >= 11 is 3.57. The largest absolute Gasteiger partial charge is 0.492 e. The van der Waals surface area contributed by atoms with Crippen molar-refractivity contribution < 1.29 is 33.4 Å². The van der Waals surface area contributed by atoms with Gasteiger partial charge in [-0.25, -0.2) is 0 Å². The zero-order valence-electron chi connectivity index (χ0n) is 21.4. The van der Waals surface area contributed by atoms with Gasteiger partial charge in [-0.2, -0.15) is 0 Å². The van der Waals surface area contributed by atoms with E-state index in [4.69, 9.17) is 23.7 Å². The van der Waals surface area contributed by atoms with Gasteiger partial charge in [0, 0.05) is 44.9 Å². The molecule has 2 aromatic rings. The van der Waals surface area contributed by atoms with Crippen molar-refractivity contribution in [1.29, 1.82) is 0 Å². The number of nitro benzene ring substituents is 1. The maximum Gasteiger partial charge on any atom is 0.313 e. The molecule has 0 aliphatic carbocycles. The van der Waals surface area contributed by atoms with Gasteiger partial charge >= 0.3 is 5.69 Å². The van der Waals surface area contributed by atoms with Crippen molar-refractivity contribution in [1.82, 2.24) is 4.90 Å². The third kappa shape index (κ3) is 7.20. The van der Waals surface area contributed by atoms with Crippen molar-refractivity contribution >= 4 is 33.2 Å². The quantitative estimate of drug-likeness (QED) is 0.148. The number of nitro groups is 1. The van der Waals surface area contributed by atoms with E-state index in [1.54, 1.807) is 24.1 Å². The molecule has 11 nitrogen and oxygen atoms in total. The number of hydrogen-bond donors (Lipinski definition) is 0. The third-order valence-electron chi connectivity index (χ3n) is 6.40. The molecule has 2 heterocycles. The van der Waals surface area contributed by atoms with Gasteiger partial charge in [-0.15, -0.1) is 0 Å². The molecule has 0 unspecified atom stereocenters. The van der Waals surface area contributed by atoms with E-state index >= 15 is 0 Å². The van der Waals surface area contributed by atoms with Crippen LogP contribution in [0.5, 0.6) is 11.5 Å². The fraction of sp³-hybridized carbons (Fsp3) is 0.500. The first-order chi connectivity index (χ1) is 18.5. The second-order valence-electron chi connectivity index (χ2n) is 8.87. The molecule has 1 amide bonds. The van der Waals surface area contributed by atoms with Gasteiger partial charge in [0.05, 0.1) is 48.1 Å². The molecule has 1 saturated heterocycles. The van der Waals surface area contributed by atoms with Crippen LogP contribution in [0.2, 0.25) is 0 Å². The predicted octanol–water partition coefficient (Wildman–Crippen LogP) is 3.66. The Hall–Kier alpha value is -2.77. The number of methoxy groups -OCH3 is 1. The minimum atomic E-state index is -0.531. The number of fused-ring (bicyclic) bond motifs is 1. The molecule has 0 saturated carbocycles. The average Bonchev–Trinajstić information content (AvgIpc) is 2.92. The predicted molar refractivity (Wildman–Crippen MR) is 143 cm³/mol. The number of rotatable bonds is 13. The average molecular weight is 594 g/mol. The number of anilines is 1. The highest BCUT2D eigenvalue weighted by atomic mass is 79.9. The first-order valence-electron chi connectivity index (χ1n) is 12.5. The minimum absolute atomic E-state index is 0.0673. The molecule has 38 heavy (non-hydrogen) atoms. The van der Waals surface area contributed by atoms with Gasteiger partial charge in [-0.05, 0) is 58.6 Å². The SMILES string of the molecule is COCCOCOc1ccc(N2CCc3cc(Br)c(OCCCN4CCOCC4)cc3C2=O)cc1[N+](=O)[O-]. The summed E-state index contributed by atoms with van der Waals surface area (Å²) in [7, 11) is 1.55. The van der Waals surface area contributed by atoms with Gasteiger partial charge in [0.1, 0.15) is 5.75 Å². The van der Waals surface area contributed by atoms with Gasteiger partial charge in [0.25, 0.3) is 5.91 Å². The highest BCUT2D eigenvalue weighted by molar-refractivity contribution is 9.10. The second-order valence-corrected chi connectivity index (χ2v) is 9.73. The lowest BCUT2D eigenvalue weighted by Gasteiger charge is -2.29. The maximum absolute atomic E-state index is 13.5. The second kappa shape index (κ2) is 13.9. The lowest BCUT2D eigenvalue weighted by molar-refractivity contribution is -0.386. The molecule has 1 fully saturated rings. The molecule has 0 bridgehead atoms. The normalized spacial score (nSPS) is 15.8. The summed E-state index contributed by atoms with van der Waals surface area (Å²) in [4.78, 5) is 28.5. The lowest BCUT2D eigenvalue weighted by Crippen LogP contribution is -2.37. The zero-order chi connectivity index (χ0) is 26.9. The summed E-state index contributed by atoms with van der Waals surface area (Å²) in [6.07, 6.45) is 1.47. The van der Waals surface area contributed by atoms with E-state index in [1.807, 2.05) is 6.07 Å². The van der Waals surface area contributed by atoms with E-state index in [1.165, 1.54) is 12.1 Å². The Labute approximate surface area is 229 Å². The Morgan fingerprint density at radius 2 is 1.87 bits per heavy atom. The Kier molecular flexibility index (Phi) is 10.3. The molecule has 0 aromatic heterocycles. The Balaban J connectivity index is 1.42. The molecule has 206 valence electrons. The number of amides is 1. The topological polar surface area (TPSA) is 113 Å². The molecule has 12 heteroatoms. The lowest BCUT2D eigenvalue weighted by atomic mass is 9.98. The van der Waals surface area contributed by atoms with Crippen molar-refractivity contribution in [2.24, 2.45) is 0 Å². The van der Waals surface area contributed by atoms with Crippen molar-refractivity contribution in [2.75, 3.05) is 78.0 Å². The number of carbonyl (C=O) groups excluding carboxylic acids is 1. The van der Waals surface area contributed by atoms with Crippen molar-refractivity contribution in [3.63, 3.8) is 0 Å². The first-order valence-corrected chi connectivity index (χ1v) is 13.3. The number of benzene rings is 2. The van der Waals surface area contributed by atoms with E-state index in [-0.39, 0.29) is 24.1 Å². The molecular formula is C26H32BrN3O8. The number of nitrogens with zero attached hydrogens (tertiary/aromatic N) is 3. The number of halogens is 1. The van der Waals surface area contributed by atoms with Crippen molar-refractivity contribution in [3.05, 3.63) is 56.0 Å². The smallest absolute Gasteiger partial charge is 0.313 e. The van der Waals surface area contributed by atoms with Crippen molar-refractivity contribution in [2.45, 2.75) is 12.8 Å². The summed E-state index contributed by atoms with van der Waals surface area (Å²) in [6, 6.07) is 8.16. The summed E-state index contributed by atoms with van der Waals surface area (Å²) in [5.41, 5.74) is 1.62. The van der Waals surface area contributed by atoms with Crippen LogP contribution >= 0.6 is 15.9 Å². The number of morpholine rings is 1. The molecule has 2 aromatic carbocycles. The molecule has 0 spiro atoms. The molecule has 2 aliphatic heterocycles. The van der Waals surface area contributed by atoms with Crippen LogP contribution in [0.4, 0.5) is 11.4 Å². The molecule has 2 aliphatic rings. The highest BCUT2D eigenvalue weighted by Crippen LogP contribution is 2.36. The van der Waals surface area contributed by atoms with E-state index in [0.717, 1.165) is 49.3 Å². The molecule has 0 radical (unpaired) electrons. The van der Waals surface area contributed by atoms with Gasteiger partial charge in [-0.1, -0.05) is 0 Å². The number of ether oxygens (including phenoxy) is 5. The van der Waals surface area contributed by atoms with Crippen LogP contribution in [0.25, 0.3) is 0 Å². The first kappa shape index (κ1) is 28.2. The number of carbonyl (C=O) groups is 1. The Morgan fingerprint density at radius 1 is 1.05 bits per heavy atom. The summed E-state index contributed by atoms with van der Waals surface area (Å²) in [5.74, 6) is 0.435. The van der Waals surface area contributed by atoms with Crippen LogP contribution in [-0.4, -0.2) is 88.8 Å². The monoisotopic (exact) mass is 593 g/mol. The highest BCUT2D eigenvalue weighted by Gasteiger charge is 2.29. The zero-order valence-corrected chi connectivity index (χ0v) is 22.9. The van der Waals surface area contributed by atoms with Gasteiger partial charge in [-0.3, -0.25) is 19.8 Å². The van der Waals surface area contributed by atoms with E-state index in [0.29, 0.717) is 49.8 Å². The van der Waals surface area contributed by atoms with E-state index in [9.17, 15) is 14.9 Å². The van der Waals surface area contributed by atoms with Crippen LogP contribution in [0.15, 0.2) is 34.8 Å². The van der Waals surface area contributed by atoms with Crippen LogP contribution in [0.3, 0.4) is 0 Å². The Bertz CT molecular complexity index is 1130. The van der Waals surface area contributed by atoms with Crippen molar-refractivity contribution in [3.8, 4) is 11.5 Å². The molecule has 0 N–H and O–H groups in total. The fourth-order valence-corrected chi connectivity index (χ4v) is 4.88. The van der Waals surface area contributed by atoms with Crippen LogP contribution in [-0.2, 0) is 20.6 Å². The minimum Gasteiger partial charge on any atom is -0.492 e. The molecule has 4 rings (SSSR count). The molecule has 0 atom stereocenters. The summed E-state index contributed by atoms with van der Waals surface area (Å²) < 4.78 is 27.8.